The lowest BCUT2D eigenvalue weighted by atomic mass is 10.3. The van der Waals surface area contributed by atoms with Crippen molar-refractivity contribution >= 4 is 0 Å². The zero-order valence-electron chi connectivity index (χ0n) is 6.40. The number of hydrogen-bond acceptors (Lipinski definition) is 3. The van der Waals surface area contributed by atoms with Crippen molar-refractivity contribution in [3.8, 4) is 0 Å². The standard InChI is InChI=1S/C7H11N3O/c1-6(8)5-10-3-2-9-4-7(10)11/h2-4,6H,5,8H2,1H3/t6-/m1/s1. The molecule has 60 valence electrons. The Labute approximate surface area is 64.7 Å². The highest BCUT2D eigenvalue weighted by Gasteiger charge is 1.96. The zero-order chi connectivity index (χ0) is 8.27. The smallest absolute Gasteiger partial charge is 0.269 e. The van der Waals surface area contributed by atoms with Crippen LogP contribution in [-0.4, -0.2) is 15.6 Å². The molecular formula is C7H11N3O. The Morgan fingerprint density at radius 1 is 1.82 bits per heavy atom. The normalized spacial score (nSPS) is 12.9. The molecule has 1 atom stereocenters. The molecule has 1 rings (SSSR count). The van der Waals surface area contributed by atoms with Crippen LogP contribution in [0.3, 0.4) is 0 Å². The van der Waals surface area contributed by atoms with Gasteiger partial charge in [0.15, 0.2) is 0 Å². The molecule has 0 aliphatic heterocycles. The Balaban J connectivity index is 2.87. The van der Waals surface area contributed by atoms with Crippen LogP contribution in [0.4, 0.5) is 0 Å². The predicted octanol–water partition coefficient (Wildman–Crippen LogP) is -0.410. The van der Waals surface area contributed by atoms with Crippen LogP contribution in [0, 0.1) is 0 Å². The molecule has 0 bridgehead atoms. The third-order valence-electron chi connectivity index (χ3n) is 1.29. The maximum Gasteiger partial charge on any atom is 0.269 e. The zero-order valence-corrected chi connectivity index (χ0v) is 6.40. The van der Waals surface area contributed by atoms with Crippen molar-refractivity contribution in [2.45, 2.75) is 19.5 Å². The molecule has 0 radical (unpaired) electrons. The van der Waals surface area contributed by atoms with Crippen LogP contribution in [-0.2, 0) is 6.54 Å². The molecule has 0 saturated carbocycles. The monoisotopic (exact) mass is 153 g/mol. The van der Waals surface area contributed by atoms with Crippen LogP contribution in [0.2, 0.25) is 0 Å². The highest BCUT2D eigenvalue weighted by molar-refractivity contribution is 4.80. The van der Waals surface area contributed by atoms with Crippen LogP contribution in [0.25, 0.3) is 0 Å². The van der Waals surface area contributed by atoms with Crippen molar-refractivity contribution in [2.75, 3.05) is 0 Å². The van der Waals surface area contributed by atoms with Gasteiger partial charge in [-0.2, -0.15) is 0 Å². The summed E-state index contributed by atoms with van der Waals surface area (Å²) in [6.07, 6.45) is 4.48. The topological polar surface area (TPSA) is 60.9 Å². The molecule has 0 spiro atoms. The van der Waals surface area contributed by atoms with Gasteiger partial charge in [0, 0.05) is 25.0 Å². The lowest BCUT2D eigenvalue weighted by molar-refractivity contribution is 0.571. The number of aromatic nitrogens is 2. The van der Waals surface area contributed by atoms with Gasteiger partial charge in [0.1, 0.15) is 0 Å². The van der Waals surface area contributed by atoms with Crippen molar-refractivity contribution in [3.05, 3.63) is 28.9 Å². The van der Waals surface area contributed by atoms with Crippen molar-refractivity contribution in [1.82, 2.24) is 9.55 Å². The van der Waals surface area contributed by atoms with Gasteiger partial charge < -0.3 is 10.3 Å². The van der Waals surface area contributed by atoms with E-state index in [4.69, 9.17) is 5.73 Å². The van der Waals surface area contributed by atoms with Crippen LogP contribution in [0.5, 0.6) is 0 Å². The predicted molar refractivity (Wildman–Crippen MR) is 42.1 cm³/mol. The van der Waals surface area contributed by atoms with Crippen molar-refractivity contribution < 1.29 is 0 Å². The Bertz CT molecular complexity index is 279. The molecular weight excluding hydrogens is 142 g/mol. The molecule has 1 aromatic rings. The van der Waals surface area contributed by atoms with Gasteiger partial charge in [0.05, 0.1) is 6.20 Å². The molecule has 11 heavy (non-hydrogen) atoms. The fourth-order valence-corrected chi connectivity index (χ4v) is 0.834. The minimum atomic E-state index is -0.107. The average Bonchev–Trinajstić information content (AvgIpc) is 1.93. The molecule has 1 aromatic heterocycles. The van der Waals surface area contributed by atoms with Crippen molar-refractivity contribution in [2.24, 2.45) is 5.73 Å². The van der Waals surface area contributed by atoms with E-state index in [2.05, 4.69) is 4.98 Å². The van der Waals surface area contributed by atoms with Crippen LogP contribution in [0.1, 0.15) is 6.92 Å². The summed E-state index contributed by atoms with van der Waals surface area (Å²) in [6, 6.07) is -0.00454. The van der Waals surface area contributed by atoms with Gasteiger partial charge in [0.2, 0.25) is 0 Å². The van der Waals surface area contributed by atoms with Crippen LogP contribution < -0.4 is 11.3 Å². The summed E-state index contributed by atoms with van der Waals surface area (Å²) in [5.74, 6) is 0. The molecule has 0 unspecified atom stereocenters. The van der Waals surface area contributed by atoms with E-state index in [1.54, 1.807) is 12.4 Å². The molecule has 2 N–H and O–H groups in total. The highest BCUT2D eigenvalue weighted by atomic mass is 16.1. The van der Waals surface area contributed by atoms with Gasteiger partial charge in [-0.05, 0) is 6.92 Å². The van der Waals surface area contributed by atoms with Gasteiger partial charge in [-0.15, -0.1) is 0 Å². The van der Waals surface area contributed by atoms with Gasteiger partial charge in [-0.1, -0.05) is 0 Å². The summed E-state index contributed by atoms with van der Waals surface area (Å²) in [4.78, 5) is 14.7. The van der Waals surface area contributed by atoms with E-state index in [1.807, 2.05) is 6.92 Å². The van der Waals surface area contributed by atoms with E-state index in [-0.39, 0.29) is 11.6 Å². The first-order chi connectivity index (χ1) is 5.20. The maximum absolute atomic E-state index is 11.0. The van der Waals surface area contributed by atoms with E-state index >= 15 is 0 Å². The summed E-state index contributed by atoms with van der Waals surface area (Å²) < 4.78 is 1.54. The highest BCUT2D eigenvalue weighted by Crippen LogP contribution is 1.82. The molecule has 1 heterocycles. The Morgan fingerprint density at radius 3 is 3.09 bits per heavy atom. The second kappa shape index (κ2) is 3.30. The number of hydrogen-bond donors (Lipinski definition) is 1. The average molecular weight is 153 g/mol. The quantitative estimate of drug-likeness (QED) is 0.628. The first-order valence-electron chi connectivity index (χ1n) is 3.46. The summed E-state index contributed by atoms with van der Waals surface area (Å²) in [5.41, 5.74) is 5.41. The molecule has 0 amide bonds. The van der Waals surface area contributed by atoms with E-state index in [9.17, 15) is 4.79 Å². The first kappa shape index (κ1) is 7.94. The lowest BCUT2D eigenvalue weighted by Crippen LogP contribution is -2.29. The lowest BCUT2D eigenvalue weighted by Gasteiger charge is -2.06. The second-order valence-corrected chi connectivity index (χ2v) is 2.54. The molecule has 4 nitrogen and oxygen atoms in total. The van der Waals surface area contributed by atoms with Crippen molar-refractivity contribution in [1.29, 1.82) is 0 Å². The van der Waals surface area contributed by atoms with E-state index in [0.29, 0.717) is 6.54 Å². The third kappa shape index (κ3) is 2.16. The molecule has 0 fully saturated rings. The second-order valence-electron chi connectivity index (χ2n) is 2.54. The van der Waals surface area contributed by atoms with Gasteiger partial charge >= 0.3 is 0 Å². The first-order valence-corrected chi connectivity index (χ1v) is 3.46. The number of nitrogens with zero attached hydrogens (tertiary/aromatic N) is 2. The van der Waals surface area contributed by atoms with Gasteiger partial charge in [-0.25, -0.2) is 0 Å². The van der Waals surface area contributed by atoms with E-state index in [1.165, 1.54) is 10.8 Å². The van der Waals surface area contributed by atoms with E-state index < -0.39 is 0 Å². The Kier molecular flexibility index (Phi) is 2.38. The number of nitrogens with two attached hydrogens (primary N) is 1. The SMILES string of the molecule is C[C@@H](N)Cn1ccncc1=O. The van der Waals surface area contributed by atoms with Crippen LogP contribution >= 0.6 is 0 Å². The minimum Gasteiger partial charge on any atom is -0.326 e. The summed E-state index contributed by atoms with van der Waals surface area (Å²) >= 11 is 0. The fraction of sp³-hybridized carbons (Fsp3) is 0.429. The minimum absolute atomic E-state index is 0.00454. The Hall–Kier alpha value is -1.16. The summed E-state index contributed by atoms with van der Waals surface area (Å²) in [7, 11) is 0. The maximum atomic E-state index is 11.0. The summed E-state index contributed by atoms with van der Waals surface area (Å²) in [6.45, 7) is 2.40. The molecule has 0 aromatic carbocycles. The van der Waals surface area contributed by atoms with E-state index in [0.717, 1.165) is 0 Å². The van der Waals surface area contributed by atoms with Gasteiger partial charge in [-0.3, -0.25) is 9.78 Å². The van der Waals surface area contributed by atoms with Crippen LogP contribution in [0.15, 0.2) is 23.4 Å². The van der Waals surface area contributed by atoms with Crippen molar-refractivity contribution in [3.63, 3.8) is 0 Å². The molecule has 0 aliphatic rings. The molecule has 0 aliphatic carbocycles. The fourth-order valence-electron chi connectivity index (χ4n) is 0.834. The largest absolute Gasteiger partial charge is 0.326 e. The third-order valence-corrected chi connectivity index (χ3v) is 1.29. The Morgan fingerprint density at radius 2 is 2.55 bits per heavy atom. The molecule has 4 heteroatoms. The van der Waals surface area contributed by atoms with Gasteiger partial charge in [0.25, 0.3) is 5.56 Å². The summed E-state index contributed by atoms with van der Waals surface area (Å²) in [5, 5.41) is 0. The molecule has 0 saturated heterocycles. The number of rotatable bonds is 2.